The van der Waals surface area contributed by atoms with Gasteiger partial charge in [-0.15, -0.1) is 0 Å². The van der Waals surface area contributed by atoms with Crippen LogP contribution in [-0.4, -0.2) is 16.2 Å². The predicted molar refractivity (Wildman–Crippen MR) is 207 cm³/mol. The first-order valence-electron chi connectivity index (χ1n) is 17.4. The number of hydrogen-bond donors (Lipinski definition) is 0. The van der Waals surface area contributed by atoms with Crippen molar-refractivity contribution in [2.24, 2.45) is 0 Å². The summed E-state index contributed by atoms with van der Waals surface area (Å²) in [6.45, 7) is 4.70. The van der Waals surface area contributed by atoms with Gasteiger partial charge in [-0.1, -0.05) is 74.5 Å². The Balaban J connectivity index is 1.17. The minimum atomic E-state index is -0.613. The van der Waals surface area contributed by atoms with Gasteiger partial charge < -0.3 is 14.5 Å². The number of fused-ring (bicyclic) bond motifs is 4. The summed E-state index contributed by atoms with van der Waals surface area (Å²) in [4.78, 5) is 8.70. The predicted octanol–water partition coefficient (Wildman–Crippen LogP) is 12.3. The van der Waals surface area contributed by atoms with Crippen molar-refractivity contribution in [2.45, 2.75) is 19.8 Å². The highest BCUT2D eigenvalue weighted by Gasteiger charge is 2.30. The van der Waals surface area contributed by atoms with E-state index in [1.54, 1.807) is 6.20 Å². The van der Waals surface area contributed by atoms with Crippen molar-refractivity contribution < 1.29 is 13.5 Å². The van der Waals surface area contributed by atoms with Crippen LogP contribution in [0.4, 0.5) is 31.5 Å². The number of aromatic nitrogens is 2. The zero-order valence-corrected chi connectivity index (χ0v) is 28.7. The first-order valence-corrected chi connectivity index (χ1v) is 17.4. The third-order valence-corrected chi connectivity index (χ3v) is 9.80. The van der Waals surface area contributed by atoms with Crippen molar-refractivity contribution in [2.75, 3.05) is 16.5 Å². The van der Waals surface area contributed by atoms with Crippen molar-refractivity contribution in [3.63, 3.8) is 0 Å². The van der Waals surface area contributed by atoms with Crippen LogP contribution in [0, 0.1) is 11.6 Å². The van der Waals surface area contributed by atoms with Gasteiger partial charge in [0.05, 0.1) is 28.1 Å². The van der Waals surface area contributed by atoms with Crippen LogP contribution in [0.25, 0.3) is 38.8 Å². The van der Waals surface area contributed by atoms with E-state index in [4.69, 9.17) is 4.74 Å². The minimum absolute atomic E-state index is 0.310. The zero-order valence-electron chi connectivity index (χ0n) is 28.7. The lowest BCUT2D eigenvalue weighted by molar-refractivity contribution is 0.483. The number of nitrogens with zero attached hydrogens (tertiary/aromatic N) is 4. The Morgan fingerprint density at radius 3 is 2.19 bits per heavy atom. The van der Waals surface area contributed by atoms with Crippen molar-refractivity contribution in [1.29, 1.82) is 0 Å². The lowest BCUT2D eigenvalue weighted by atomic mass is 9.97. The molecule has 0 atom stereocenters. The maximum absolute atomic E-state index is 15.2. The molecule has 0 amide bonds. The van der Waals surface area contributed by atoms with Gasteiger partial charge in [0.25, 0.3) is 0 Å². The molecule has 3 heterocycles. The van der Waals surface area contributed by atoms with Crippen LogP contribution < -0.4 is 14.5 Å². The van der Waals surface area contributed by atoms with Crippen molar-refractivity contribution in [1.82, 2.24) is 9.55 Å². The Morgan fingerprint density at radius 1 is 0.596 bits per heavy atom. The fraction of sp³-hybridized carbons (Fsp3) is 0.0889. The topological polar surface area (TPSA) is 33.5 Å². The smallest absolute Gasteiger partial charge is 0.149 e. The van der Waals surface area contributed by atoms with Crippen molar-refractivity contribution in [3.8, 4) is 28.4 Å². The van der Waals surface area contributed by atoms with E-state index in [-0.39, 0.29) is 0 Å². The molecule has 254 valence electrons. The second-order valence-corrected chi connectivity index (χ2v) is 13.4. The molecule has 6 aromatic carbocycles. The Kier molecular flexibility index (Phi) is 7.69. The van der Waals surface area contributed by atoms with Crippen LogP contribution in [0.2, 0.25) is 0 Å². The quantitative estimate of drug-likeness (QED) is 0.167. The van der Waals surface area contributed by atoms with Crippen LogP contribution in [0.5, 0.6) is 11.5 Å². The molecular formula is C45H34F2N4O. The van der Waals surface area contributed by atoms with Gasteiger partial charge in [-0.05, 0) is 89.3 Å². The van der Waals surface area contributed by atoms with Gasteiger partial charge in [0, 0.05) is 40.9 Å². The third-order valence-electron chi connectivity index (χ3n) is 9.80. The maximum Gasteiger partial charge on any atom is 0.149 e. The molecular weight excluding hydrogens is 651 g/mol. The summed E-state index contributed by atoms with van der Waals surface area (Å²) < 4.78 is 38.1. The van der Waals surface area contributed by atoms with Gasteiger partial charge >= 0.3 is 0 Å². The van der Waals surface area contributed by atoms with E-state index in [1.165, 1.54) is 17.7 Å². The Hall–Kier alpha value is -6.47. The van der Waals surface area contributed by atoms with Crippen molar-refractivity contribution >= 4 is 44.6 Å². The number of benzene rings is 6. The van der Waals surface area contributed by atoms with Crippen LogP contribution in [0.3, 0.4) is 0 Å². The maximum atomic E-state index is 15.2. The lowest BCUT2D eigenvalue weighted by Gasteiger charge is -2.24. The number of anilines is 4. The molecule has 0 radical (unpaired) electrons. The number of pyridine rings is 1. The average molecular weight is 685 g/mol. The second kappa shape index (κ2) is 12.7. The number of para-hydroxylation sites is 3. The largest absolute Gasteiger partial charge is 0.457 e. The molecule has 0 bridgehead atoms. The van der Waals surface area contributed by atoms with Gasteiger partial charge in [-0.2, -0.15) is 0 Å². The molecule has 0 fully saturated rings. The summed E-state index contributed by atoms with van der Waals surface area (Å²) >= 11 is 0. The molecule has 0 saturated heterocycles. The molecule has 2 aromatic heterocycles. The molecule has 0 unspecified atom stereocenters. The molecule has 0 N–H and O–H groups in total. The third kappa shape index (κ3) is 5.51. The highest BCUT2D eigenvalue weighted by Crippen LogP contribution is 2.47. The normalized spacial score (nSPS) is 12.6. The standard InChI is InChI=1S/C45H34F2N4O/c1-29(2)30-10-9-11-31(22-30)32-23-34(49-28-50(43-15-6-5-14-42(43)49)41-20-17-33(46)25-39(41)47)26-36(24-32)52-35-18-19-38-37-12-3-4-13-40(37)51(44(38)27-35)45-16-7-8-21-48-45/h3-27,29H,28H2,1-2H3. The highest BCUT2D eigenvalue weighted by atomic mass is 19.1. The van der Waals surface area contributed by atoms with Gasteiger partial charge in [0.15, 0.2) is 0 Å². The molecule has 5 nitrogen and oxygen atoms in total. The van der Waals surface area contributed by atoms with Gasteiger partial charge in [-0.3, -0.25) is 4.57 Å². The molecule has 52 heavy (non-hydrogen) atoms. The fourth-order valence-electron chi connectivity index (χ4n) is 7.27. The molecule has 8 aromatic rings. The summed E-state index contributed by atoms with van der Waals surface area (Å²) in [5, 5.41) is 2.24. The van der Waals surface area contributed by atoms with E-state index in [1.807, 2.05) is 65.6 Å². The van der Waals surface area contributed by atoms with Gasteiger partial charge in [0.2, 0.25) is 0 Å². The summed E-state index contributed by atoms with van der Waals surface area (Å²) in [6.07, 6.45) is 1.81. The van der Waals surface area contributed by atoms with E-state index < -0.39 is 11.6 Å². The Labute approximate surface area is 300 Å². The van der Waals surface area contributed by atoms with Crippen LogP contribution in [0.1, 0.15) is 25.3 Å². The Morgan fingerprint density at radius 2 is 1.38 bits per heavy atom. The second-order valence-electron chi connectivity index (χ2n) is 13.4. The summed E-state index contributed by atoms with van der Waals surface area (Å²) in [5.74, 6) is 1.31. The molecule has 1 aliphatic rings. The minimum Gasteiger partial charge on any atom is -0.457 e. The summed E-state index contributed by atoms with van der Waals surface area (Å²) in [6, 6.07) is 46.9. The number of hydrogen-bond acceptors (Lipinski definition) is 4. The lowest BCUT2D eigenvalue weighted by Crippen LogP contribution is -2.24. The molecule has 0 aliphatic carbocycles. The van der Waals surface area contributed by atoms with E-state index in [9.17, 15) is 4.39 Å². The zero-order chi connectivity index (χ0) is 35.3. The number of ether oxygens (including phenoxy) is 1. The molecule has 1 aliphatic heterocycles. The van der Waals surface area contributed by atoms with Crippen molar-refractivity contribution in [3.05, 3.63) is 169 Å². The highest BCUT2D eigenvalue weighted by molar-refractivity contribution is 6.09. The molecule has 0 saturated carbocycles. The molecule has 0 spiro atoms. The van der Waals surface area contributed by atoms with Gasteiger partial charge in [0.1, 0.15) is 35.6 Å². The molecule has 9 rings (SSSR count). The van der Waals surface area contributed by atoms with E-state index >= 15 is 4.39 Å². The Bertz CT molecular complexity index is 2620. The van der Waals surface area contributed by atoms with E-state index in [2.05, 4.69) is 95.0 Å². The SMILES string of the molecule is CC(C)c1cccc(-c2cc(Oc3ccc4c5ccccc5n(-c5ccccn5)c4c3)cc(N3CN(c4ccc(F)cc4F)c4ccccc43)c2)c1. The van der Waals surface area contributed by atoms with Crippen LogP contribution in [-0.2, 0) is 0 Å². The monoisotopic (exact) mass is 684 g/mol. The first kappa shape index (κ1) is 31.5. The number of rotatable bonds is 7. The van der Waals surface area contributed by atoms with Crippen LogP contribution >= 0.6 is 0 Å². The van der Waals surface area contributed by atoms with E-state index in [0.29, 0.717) is 29.8 Å². The van der Waals surface area contributed by atoms with Gasteiger partial charge in [-0.25, -0.2) is 13.8 Å². The summed E-state index contributed by atoms with van der Waals surface area (Å²) in [5.41, 5.74) is 8.28. The fourth-order valence-corrected chi connectivity index (χ4v) is 7.27. The van der Waals surface area contributed by atoms with E-state index in [0.717, 1.165) is 61.9 Å². The van der Waals surface area contributed by atoms with Crippen LogP contribution in [0.15, 0.2) is 152 Å². The first-order chi connectivity index (χ1) is 25.4. The molecule has 7 heteroatoms. The average Bonchev–Trinajstić information content (AvgIpc) is 3.71. The summed E-state index contributed by atoms with van der Waals surface area (Å²) in [7, 11) is 0. The number of halogens is 2.